The molecule has 19 nitrogen and oxygen atoms in total. The van der Waals surface area contributed by atoms with E-state index < -0.39 is 117 Å². The fourth-order valence-corrected chi connectivity index (χ4v) is 17.5. The molecule has 8 heterocycles. The van der Waals surface area contributed by atoms with Crippen LogP contribution in [0.1, 0.15) is 140 Å². The minimum Gasteiger partial charge on any atom is -0.461 e. The zero-order valence-electron chi connectivity index (χ0n) is 48.0. The number of likely N-dealkylation sites (tertiary alicyclic amines) is 1. The van der Waals surface area contributed by atoms with Crippen molar-refractivity contribution in [2.24, 2.45) is 40.4 Å². The van der Waals surface area contributed by atoms with Gasteiger partial charge in [-0.15, -0.1) is 0 Å². The van der Waals surface area contributed by atoms with Gasteiger partial charge >= 0.3 is 29.8 Å². The topological polar surface area (TPSA) is 259 Å². The van der Waals surface area contributed by atoms with Gasteiger partial charge in [0.1, 0.15) is 30.1 Å². The van der Waals surface area contributed by atoms with Crippen LogP contribution >= 0.6 is 0 Å². The van der Waals surface area contributed by atoms with Crippen LogP contribution < -0.4 is 0 Å². The number of epoxide rings is 2. The van der Waals surface area contributed by atoms with Gasteiger partial charge in [-0.2, -0.15) is 0 Å². The first-order chi connectivity index (χ1) is 38.9. The van der Waals surface area contributed by atoms with Crippen molar-refractivity contribution >= 4 is 29.8 Å². The van der Waals surface area contributed by atoms with Gasteiger partial charge in [-0.25, -0.2) is 19.4 Å². The number of aliphatic hydroxyl groups is 4. The lowest BCUT2D eigenvalue weighted by atomic mass is 9.52. The zero-order chi connectivity index (χ0) is 58.3. The molecule has 19 heteroatoms. The molecule has 12 aliphatic rings. The number of aromatic nitrogens is 2. The maximum atomic E-state index is 12.4. The number of hydrogen-bond donors (Lipinski definition) is 4. The Kier molecular flexibility index (Phi) is 13.7. The van der Waals surface area contributed by atoms with E-state index in [1.165, 1.54) is 64.2 Å². The molecule has 7 aliphatic heterocycles. The summed E-state index contributed by atoms with van der Waals surface area (Å²) in [6.45, 7) is 20.1. The molecule has 0 amide bonds. The second kappa shape index (κ2) is 19.8. The van der Waals surface area contributed by atoms with Crippen molar-refractivity contribution in [3.8, 4) is 0 Å². The highest BCUT2D eigenvalue weighted by atomic mass is 16.7. The Labute approximate surface area is 477 Å². The molecule has 2 aromatic carbocycles. The second-order valence-electron chi connectivity index (χ2n) is 26.2. The van der Waals surface area contributed by atoms with Gasteiger partial charge in [-0.05, 0) is 111 Å². The van der Waals surface area contributed by atoms with Crippen molar-refractivity contribution in [1.29, 1.82) is 0 Å². The molecule has 2 unspecified atom stereocenters. The van der Waals surface area contributed by atoms with Crippen LogP contribution in [0.25, 0.3) is 0 Å². The van der Waals surface area contributed by atoms with Crippen LogP contribution in [0, 0.1) is 40.4 Å². The standard InChI is InChI=1S/C19H29NO.C15H18O7.C15H16O6.C14H16N2O2/c21-19(17-9-3-1-4-10-17,18-11-5-2-6-12-18)13-16-20-14-7-8-15-20;1-12(2,18)6-7-10(16)20-8(6)9-13(3)14(7,19)4-5-15(13,22-5)11(17)21-9;1-5(2)7-8-11(16)19-9(7)10-13(3)14(8,18)4-6-15(13,21-6)12(17)20-10;1-3-18-14(17)13-9-15-10-16(13)11(2)12-7-5-4-6-8-12/h1,3-4,9-10,18,21H,2,5-8,11-16H2;5-9,18-19H,4H2,1-3H3;6-10,18H,1,4H2,2-3H3;4-11H,3H2,1-2H3/t;5-,6+,7-,8-,9-,13-,14-,15+;6-,7+,8-,9-,10-,13-,14-,15+;/m.11./s1. The summed E-state index contributed by atoms with van der Waals surface area (Å²) >= 11 is 0. The van der Waals surface area contributed by atoms with Crippen LogP contribution in [0.4, 0.5) is 0 Å². The van der Waals surface area contributed by atoms with Gasteiger partial charge in [0.2, 0.25) is 11.2 Å². The minimum absolute atomic E-state index is 0.0492. The molecule has 5 saturated carbocycles. The van der Waals surface area contributed by atoms with E-state index in [0.29, 0.717) is 18.2 Å². The number of hydrogen-bond acceptors (Lipinski definition) is 18. The molecular formula is C63H79N3O16. The van der Waals surface area contributed by atoms with E-state index in [1.54, 1.807) is 40.9 Å². The molecule has 1 aromatic heterocycles. The second-order valence-corrected chi connectivity index (χ2v) is 26.2. The first-order valence-electron chi connectivity index (χ1n) is 29.7. The normalized spacial score (nSPS) is 41.0. The number of ether oxygens (including phenoxy) is 7. The number of carbonyl (C=O) groups is 5. The molecule has 82 heavy (non-hydrogen) atoms. The quantitative estimate of drug-likeness (QED) is 0.0779. The smallest absolute Gasteiger partial charge is 0.356 e. The van der Waals surface area contributed by atoms with Gasteiger partial charge in [0, 0.05) is 31.2 Å². The van der Waals surface area contributed by atoms with Crippen molar-refractivity contribution in [3.05, 3.63) is 102 Å². The lowest BCUT2D eigenvalue weighted by molar-refractivity contribution is -0.223. The van der Waals surface area contributed by atoms with Crippen molar-refractivity contribution in [1.82, 2.24) is 14.5 Å². The van der Waals surface area contributed by atoms with Crippen LogP contribution in [0.15, 0.2) is 85.3 Å². The van der Waals surface area contributed by atoms with Crippen LogP contribution in [-0.4, -0.2) is 156 Å². The predicted molar refractivity (Wildman–Crippen MR) is 291 cm³/mol. The largest absolute Gasteiger partial charge is 0.461 e. The maximum Gasteiger partial charge on any atom is 0.356 e. The van der Waals surface area contributed by atoms with Gasteiger partial charge in [0.25, 0.3) is 0 Å². The molecule has 2 spiro atoms. The molecule has 18 atom stereocenters. The first-order valence-corrected chi connectivity index (χ1v) is 29.7. The van der Waals surface area contributed by atoms with Crippen LogP contribution in [0.2, 0.25) is 0 Å². The van der Waals surface area contributed by atoms with E-state index >= 15 is 0 Å². The fraction of sp³-hybridized carbons (Fsp3) is 0.651. The van der Waals surface area contributed by atoms with Gasteiger partial charge < -0.3 is 63.1 Å². The SMILES string of the molecule is C=C(C)[C@@H]1[C@H]2OC(=O)[C@@H]1[C@]1(O)C[C@H]3O[C@]34C(=O)O[C@H]2[C@]14C.CC(C)(O)[C@@H]1[C@H]2OC(=O)[C@@H]1[C@]1(O)C[C@H]3O[C@]34C(=O)O[C@H]2[C@]14C.CCOC(=O)c1cncn1C(C)c1ccccc1.OC(CCN1CCCC1)(c1ccccc1)C1CCCCC1. The third kappa shape index (κ3) is 7.84. The lowest BCUT2D eigenvalue weighted by Gasteiger charge is -2.53. The molecule has 4 N–H and O–H groups in total. The van der Waals surface area contributed by atoms with Gasteiger partial charge in [0.05, 0.1) is 70.2 Å². The average molecular weight is 1130 g/mol. The summed E-state index contributed by atoms with van der Waals surface area (Å²) in [7, 11) is 0. The third-order valence-electron chi connectivity index (χ3n) is 21.9. The summed E-state index contributed by atoms with van der Waals surface area (Å²) in [6.07, 6.45) is 9.90. The Morgan fingerprint density at radius 1 is 0.780 bits per heavy atom. The minimum atomic E-state index is -1.47. The third-order valence-corrected chi connectivity index (χ3v) is 21.9. The molecule has 5 aliphatic carbocycles. The van der Waals surface area contributed by atoms with Crippen LogP contribution in [0.5, 0.6) is 0 Å². The zero-order valence-corrected chi connectivity index (χ0v) is 48.0. The first kappa shape index (κ1) is 56.9. The van der Waals surface area contributed by atoms with Crippen LogP contribution in [-0.2, 0) is 57.9 Å². The predicted octanol–water partition coefficient (Wildman–Crippen LogP) is 5.68. The summed E-state index contributed by atoms with van der Waals surface area (Å²) in [5, 5.41) is 44.9. The van der Waals surface area contributed by atoms with E-state index in [9.17, 15) is 44.4 Å². The van der Waals surface area contributed by atoms with Crippen molar-refractivity contribution in [3.63, 3.8) is 0 Å². The summed E-state index contributed by atoms with van der Waals surface area (Å²) < 4.78 is 40.0. The average Bonchev–Trinajstić information content (AvgIpc) is 1.46. The summed E-state index contributed by atoms with van der Waals surface area (Å²) in [5.74, 6) is -4.26. The molecule has 12 fully saturated rings. The Morgan fingerprint density at radius 2 is 1.32 bits per heavy atom. The van der Waals surface area contributed by atoms with E-state index in [2.05, 4.69) is 40.7 Å². The molecule has 3 aromatic rings. The Balaban J connectivity index is 0.000000109. The van der Waals surface area contributed by atoms with Gasteiger partial charge in [0.15, 0.2) is 12.2 Å². The van der Waals surface area contributed by atoms with Crippen LogP contribution in [0.3, 0.4) is 0 Å². The van der Waals surface area contributed by atoms with Crippen molar-refractivity contribution in [2.75, 3.05) is 26.2 Å². The number of fused-ring (bicyclic) bond motifs is 8. The molecular weight excluding hydrogens is 1050 g/mol. The number of nitrogens with zero attached hydrogens (tertiary/aromatic N) is 3. The Hall–Kier alpha value is -5.54. The fourth-order valence-electron chi connectivity index (χ4n) is 17.5. The number of esters is 5. The monoisotopic (exact) mass is 1130 g/mol. The van der Waals surface area contributed by atoms with Gasteiger partial charge in [-0.1, -0.05) is 92.1 Å². The highest BCUT2D eigenvalue weighted by molar-refractivity contribution is 5.93. The summed E-state index contributed by atoms with van der Waals surface area (Å²) in [5.41, 5.74) is -5.37. The highest BCUT2D eigenvalue weighted by Gasteiger charge is 2.97. The molecule has 15 rings (SSSR count). The van der Waals surface area contributed by atoms with E-state index in [4.69, 9.17) is 33.2 Å². The van der Waals surface area contributed by atoms with Gasteiger partial charge in [-0.3, -0.25) is 9.59 Å². The maximum absolute atomic E-state index is 12.4. The molecule has 7 saturated heterocycles. The van der Waals surface area contributed by atoms with Crippen molar-refractivity contribution < 1.29 is 77.6 Å². The number of rotatable bonds is 11. The van der Waals surface area contributed by atoms with E-state index in [1.807, 2.05) is 54.8 Å². The van der Waals surface area contributed by atoms with Crippen molar-refractivity contribution in [2.45, 2.75) is 189 Å². The summed E-state index contributed by atoms with van der Waals surface area (Å²) in [4.78, 5) is 67.8. The molecule has 442 valence electrons. The number of benzene rings is 2. The number of carbonyl (C=O) groups excluding carboxylic acids is 5. The molecule has 0 radical (unpaired) electrons. The van der Waals surface area contributed by atoms with E-state index in [-0.39, 0.29) is 36.9 Å². The highest BCUT2D eigenvalue weighted by Crippen LogP contribution is 2.78. The summed E-state index contributed by atoms with van der Waals surface area (Å²) in [6, 6.07) is 20.5. The lowest BCUT2D eigenvalue weighted by Crippen LogP contribution is -2.68. The Bertz CT molecular complexity index is 3030. The van der Waals surface area contributed by atoms with E-state index in [0.717, 1.165) is 29.7 Å². The number of imidazole rings is 1. The molecule has 4 bridgehead atoms. The Morgan fingerprint density at radius 3 is 1.88 bits per heavy atom.